The van der Waals surface area contributed by atoms with Gasteiger partial charge in [0.1, 0.15) is 0 Å². The number of hydrogen-bond acceptors (Lipinski definition) is 6. The Morgan fingerprint density at radius 3 is 2.15 bits per heavy atom. The minimum Gasteiger partial charge on any atom is -0.453 e. The third-order valence-corrected chi connectivity index (χ3v) is 7.16. The molecule has 2 aromatic carbocycles. The van der Waals surface area contributed by atoms with Crippen molar-refractivity contribution < 1.29 is 27.5 Å². The van der Waals surface area contributed by atoms with Crippen LogP contribution in [0.3, 0.4) is 0 Å². The summed E-state index contributed by atoms with van der Waals surface area (Å²) in [5.74, 6) is -1.34. The molecular weight excluding hydrogens is 458 g/mol. The number of rotatable bonds is 11. The first kappa shape index (κ1) is 27.0. The summed E-state index contributed by atoms with van der Waals surface area (Å²) in [6.07, 6.45) is -0.826. The van der Waals surface area contributed by atoms with E-state index >= 15 is 0 Å². The summed E-state index contributed by atoms with van der Waals surface area (Å²) in [6.45, 7) is 5.95. The van der Waals surface area contributed by atoms with Crippen molar-refractivity contribution in [2.24, 2.45) is 0 Å². The molecule has 0 saturated heterocycles. The number of carbonyl (C=O) groups excluding carboxylic acids is 3. The molecule has 2 aromatic rings. The molecule has 1 unspecified atom stereocenters. The summed E-state index contributed by atoms with van der Waals surface area (Å²) in [5.41, 5.74) is 1.64. The normalized spacial score (nSPS) is 12.1. The number of hydrogen-bond donors (Lipinski definition) is 2. The Labute approximate surface area is 200 Å². The second kappa shape index (κ2) is 12.9. The first-order valence-electron chi connectivity index (χ1n) is 11.1. The minimum absolute atomic E-state index is 0.0000345. The number of esters is 1. The fourth-order valence-electron chi connectivity index (χ4n) is 3.13. The number of nitrogens with zero attached hydrogens (tertiary/aromatic N) is 1. The van der Waals surface area contributed by atoms with Gasteiger partial charge in [-0.05, 0) is 36.6 Å². The van der Waals surface area contributed by atoms with E-state index in [0.717, 1.165) is 11.1 Å². The van der Waals surface area contributed by atoms with Gasteiger partial charge < -0.3 is 10.1 Å². The lowest BCUT2D eigenvalue weighted by atomic mass is 10.1. The molecule has 3 amide bonds. The molecule has 0 heterocycles. The average Bonchev–Trinajstić information content (AvgIpc) is 2.83. The SMILES string of the molecule is CCN(CC)S(=O)(=O)c1ccc(CCC(=O)OC(C)C(=O)NC(=O)NCc2ccccc2)cc1. The van der Waals surface area contributed by atoms with Crippen molar-refractivity contribution in [1.82, 2.24) is 14.9 Å². The number of aryl methyl sites for hydroxylation is 1. The van der Waals surface area contributed by atoms with E-state index in [4.69, 9.17) is 4.74 Å². The molecule has 2 rings (SSSR count). The van der Waals surface area contributed by atoms with Crippen LogP contribution in [-0.4, -0.2) is 49.8 Å². The van der Waals surface area contributed by atoms with Crippen LogP contribution >= 0.6 is 0 Å². The second-order valence-electron chi connectivity index (χ2n) is 7.52. The van der Waals surface area contributed by atoms with Crippen LogP contribution < -0.4 is 10.6 Å². The van der Waals surface area contributed by atoms with E-state index in [-0.39, 0.29) is 17.9 Å². The van der Waals surface area contributed by atoms with E-state index in [2.05, 4.69) is 10.6 Å². The molecule has 0 aliphatic rings. The molecule has 34 heavy (non-hydrogen) atoms. The monoisotopic (exact) mass is 489 g/mol. The molecule has 0 spiro atoms. The molecule has 0 aromatic heterocycles. The molecule has 1 atom stereocenters. The van der Waals surface area contributed by atoms with Gasteiger partial charge in [0.15, 0.2) is 6.10 Å². The molecule has 0 aliphatic carbocycles. The Kier molecular flexibility index (Phi) is 10.2. The third-order valence-electron chi connectivity index (χ3n) is 5.09. The van der Waals surface area contributed by atoms with E-state index in [1.807, 2.05) is 30.3 Å². The summed E-state index contributed by atoms with van der Waals surface area (Å²) < 4.78 is 31.5. The number of benzene rings is 2. The van der Waals surface area contributed by atoms with Gasteiger partial charge in [0.2, 0.25) is 10.0 Å². The van der Waals surface area contributed by atoms with Crippen LogP contribution in [0.15, 0.2) is 59.5 Å². The second-order valence-corrected chi connectivity index (χ2v) is 9.46. The van der Waals surface area contributed by atoms with E-state index < -0.39 is 34.0 Å². The molecule has 10 heteroatoms. The van der Waals surface area contributed by atoms with E-state index in [9.17, 15) is 22.8 Å². The van der Waals surface area contributed by atoms with Crippen molar-refractivity contribution in [1.29, 1.82) is 0 Å². The lowest BCUT2D eigenvalue weighted by Crippen LogP contribution is -2.44. The molecule has 0 radical (unpaired) electrons. The molecule has 2 N–H and O–H groups in total. The van der Waals surface area contributed by atoms with Gasteiger partial charge in [-0.3, -0.25) is 14.9 Å². The van der Waals surface area contributed by atoms with E-state index in [1.165, 1.54) is 23.4 Å². The fourth-order valence-corrected chi connectivity index (χ4v) is 4.59. The topological polar surface area (TPSA) is 122 Å². The van der Waals surface area contributed by atoms with Crippen LogP contribution in [0.2, 0.25) is 0 Å². The lowest BCUT2D eigenvalue weighted by molar-refractivity contribution is -0.154. The van der Waals surface area contributed by atoms with Gasteiger partial charge in [-0.2, -0.15) is 4.31 Å². The summed E-state index contributed by atoms with van der Waals surface area (Å²) in [4.78, 5) is 36.3. The molecular formula is C24H31N3O6S. The number of sulfonamides is 1. The van der Waals surface area contributed by atoms with Gasteiger partial charge in [0.25, 0.3) is 5.91 Å². The van der Waals surface area contributed by atoms with Crippen molar-refractivity contribution in [3.63, 3.8) is 0 Å². The van der Waals surface area contributed by atoms with Crippen LogP contribution in [0.25, 0.3) is 0 Å². The Bertz CT molecular complexity index is 1070. The van der Waals surface area contributed by atoms with Crippen LogP contribution in [0.5, 0.6) is 0 Å². The number of nitrogens with one attached hydrogen (secondary N) is 2. The van der Waals surface area contributed by atoms with Crippen molar-refractivity contribution >= 4 is 27.9 Å². The highest BCUT2D eigenvalue weighted by Crippen LogP contribution is 2.17. The minimum atomic E-state index is -3.54. The zero-order chi connectivity index (χ0) is 25.1. The van der Waals surface area contributed by atoms with Crippen molar-refractivity contribution in [3.05, 3.63) is 65.7 Å². The predicted molar refractivity (Wildman–Crippen MR) is 127 cm³/mol. The average molecular weight is 490 g/mol. The van der Waals surface area contributed by atoms with Crippen LogP contribution in [0.1, 0.15) is 38.3 Å². The maximum absolute atomic E-state index is 12.5. The van der Waals surface area contributed by atoms with Gasteiger partial charge in [-0.15, -0.1) is 0 Å². The molecule has 0 aliphatic heterocycles. The molecule has 0 fully saturated rings. The fraction of sp³-hybridized carbons (Fsp3) is 0.375. The molecule has 0 bridgehead atoms. The highest BCUT2D eigenvalue weighted by molar-refractivity contribution is 7.89. The van der Waals surface area contributed by atoms with Gasteiger partial charge in [-0.1, -0.05) is 56.3 Å². The zero-order valence-electron chi connectivity index (χ0n) is 19.6. The Balaban J connectivity index is 1.78. The van der Waals surface area contributed by atoms with Crippen molar-refractivity contribution in [2.75, 3.05) is 13.1 Å². The van der Waals surface area contributed by atoms with Gasteiger partial charge in [0.05, 0.1) is 4.90 Å². The first-order valence-corrected chi connectivity index (χ1v) is 12.5. The lowest BCUT2D eigenvalue weighted by Gasteiger charge is -2.18. The number of carbonyl (C=O) groups is 3. The first-order chi connectivity index (χ1) is 16.2. The number of urea groups is 1. The van der Waals surface area contributed by atoms with E-state index in [1.54, 1.807) is 26.0 Å². The summed E-state index contributed by atoms with van der Waals surface area (Å²) in [7, 11) is -3.54. The van der Waals surface area contributed by atoms with Gasteiger partial charge in [-0.25, -0.2) is 13.2 Å². The predicted octanol–water partition coefficient (Wildman–Crippen LogP) is 2.61. The number of amides is 3. The Morgan fingerprint density at radius 1 is 0.941 bits per heavy atom. The maximum Gasteiger partial charge on any atom is 0.321 e. The van der Waals surface area contributed by atoms with Crippen LogP contribution in [-0.2, 0) is 37.3 Å². The van der Waals surface area contributed by atoms with Gasteiger partial charge in [0, 0.05) is 26.1 Å². The summed E-state index contributed by atoms with van der Waals surface area (Å²) in [6, 6.07) is 14.8. The summed E-state index contributed by atoms with van der Waals surface area (Å²) in [5, 5.41) is 4.70. The van der Waals surface area contributed by atoms with Crippen molar-refractivity contribution in [2.45, 2.75) is 51.2 Å². The number of ether oxygens (including phenoxy) is 1. The van der Waals surface area contributed by atoms with Gasteiger partial charge >= 0.3 is 12.0 Å². The smallest absolute Gasteiger partial charge is 0.321 e. The summed E-state index contributed by atoms with van der Waals surface area (Å²) >= 11 is 0. The Hall–Kier alpha value is -3.24. The third kappa shape index (κ3) is 7.96. The van der Waals surface area contributed by atoms with E-state index in [0.29, 0.717) is 19.5 Å². The van der Waals surface area contributed by atoms with Crippen LogP contribution in [0.4, 0.5) is 4.79 Å². The van der Waals surface area contributed by atoms with Crippen molar-refractivity contribution in [3.8, 4) is 0 Å². The highest BCUT2D eigenvalue weighted by Gasteiger charge is 2.22. The zero-order valence-corrected chi connectivity index (χ0v) is 20.4. The molecule has 9 nitrogen and oxygen atoms in total. The molecule has 0 saturated carbocycles. The quantitative estimate of drug-likeness (QED) is 0.468. The van der Waals surface area contributed by atoms with Crippen LogP contribution in [0, 0.1) is 0 Å². The molecule has 184 valence electrons. The Morgan fingerprint density at radius 2 is 1.56 bits per heavy atom. The maximum atomic E-state index is 12.5. The largest absolute Gasteiger partial charge is 0.453 e. The highest BCUT2D eigenvalue weighted by atomic mass is 32.2. The number of imide groups is 1. The standard InChI is InChI=1S/C24H31N3O6S/c1-4-27(5-2)34(31,32)21-14-11-19(12-15-21)13-16-22(28)33-18(3)23(29)26-24(30)25-17-20-9-7-6-8-10-20/h6-12,14-15,18H,4-5,13,16-17H2,1-3H3,(H2,25,26,29,30).